The van der Waals surface area contributed by atoms with Crippen molar-refractivity contribution in [3.8, 4) is 0 Å². The monoisotopic (exact) mass is 555 g/mol. The van der Waals surface area contributed by atoms with Crippen LogP contribution in [0, 0.1) is 6.92 Å². The van der Waals surface area contributed by atoms with Crippen LogP contribution in [0.3, 0.4) is 0 Å². The van der Waals surface area contributed by atoms with Crippen molar-refractivity contribution in [2.75, 3.05) is 28.8 Å². The molecule has 1 atom stereocenters. The second-order valence-corrected chi connectivity index (χ2v) is 12.4. The second-order valence-electron chi connectivity index (χ2n) is 10.0. The molecular weight excluding hydrogens is 522 g/mol. The largest absolute Gasteiger partial charge is 0.352 e. The first-order valence-electron chi connectivity index (χ1n) is 13.0. The second kappa shape index (κ2) is 11.0. The smallest absolute Gasteiger partial charge is 0.229 e. The van der Waals surface area contributed by atoms with Crippen molar-refractivity contribution in [2.45, 2.75) is 25.6 Å². The fraction of sp³-hybridized carbons (Fsp3) is 0.233. The van der Waals surface area contributed by atoms with Crippen LogP contribution in [0.25, 0.3) is 11.0 Å². The Kier molecular flexibility index (Phi) is 7.44. The number of hydrogen-bond acceptors (Lipinski definition) is 8. The van der Waals surface area contributed by atoms with Crippen molar-refractivity contribution in [3.63, 3.8) is 0 Å². The van der Waals surface area contributed by atoms with Crippen LogP contribution >= 0.6 is 0 Å². The van der Waals surface area contributed by atoms with Crippen molar-refractivity contribution < 1.29 is 8.42 Å². The number of nitrogens with one attached hydrogen (secondary N) is 2. The zero-order chi connectivity index (χ0) is 28.4. The lowest BCUT2D eigenvalue weighted by atomic mass is 10.1. The summed E-state index contributed by atoms with van der Waals surface area (Å²) >= 11 is 0. The predicted molar refractivity (Wildman–Crippen MR) is 162 cm³/mol. The SMILES string of the molecule is Cc1ccc(CNc2nc3cc(N(C)c4ccnc(Nc5ccc(C(C)S(C)(=O)=O)cc5)n4)ccc3n2C)cc1. The maximum Gasteiger partial charge on any atom is 0.229 e. The number of anilines is 5. The number of benzene rings is 3. The van der Waals surface area contributed by atoms with Crippen LogP contribution in [-0.2, 0) is 23.4 Å². The molecule has 2 heterocycles. The maximum absolute atomic E-state index is 11.9. The molecule has 0 aliphatic carbocycles. The molecule has 0 fully saturated rings. The van der Waals surface area contributed by atoms with E-state index in [1.54, 1.807) is 25.3 Å². The molecule has 0 spiro atoms. The molecule has 0 saturated heterocycles. The minimum Gasteiger partial charge on any atom is -0.352 e. The Bertz CT molecular complexity index is 1750. The molecule has 40 heavy (non-hydrogen) atoms. The minimum absolute atomic E-state index is 0.440. The van der Waals surface area contributed by atoms with Gasteiger partial charge in [0.05, 0.1) is 16.3 Å². The number of aromatic nitrogens is 4. The summed E-state index contributed by atoms with van der Waals surface area (Å²) in [6.07, 6.45) is 2.95. The average Bonchev–Trinajstić information content (AvgIpc) is 3.26. The quantitative estimate of drug-likeness (QED) is 0.232. The normalized spacial score (nSPS) is 12.3. The predicted octanol–water partition coefficient (Wildman–Crippen LogP) is 5.90. The molecule has 10 heteroatoms. The van der Waals surface area contributed by atoms with Gasteiger partial charge in [0.1, 0.15) is 5.82 Å². The van der Waals surface area contributed by atoms with Crippen molar-refractivity contribution in [1.82, 2.24) is 19.5 Å². The molecule has 5 aromatic rings. The third-order valence-corrected chi connectivity index (χ3v) is 8.64. The summed E-state index contributed by atoms with van der Waals surface area (Å²) in [6, 6.07) is 23.7. The van der Waals surface area contributed by atoms with Crippen LogP contribution in [-0.4, -0.2) is 41.2 Å². The van der Waals surface area contributed by atoms with E-state index in [-0.39, 0.29) is 0 Å². The first-order chi connectivity index (χ1) is 19.1. The van der Waals surface area contributed by atoms with E-state index in [0.29, 0.717) is 18.3 Å². The summed E-state index contributed by atoms with van der Waals surface area (Å²) in [5.74, 6) is 1.96. The van der Waals surface area contributed by atoms with Gasteiger partial charge in [0.25, 0.3) is 0 Å². The van der Waals surface area contributed by atoms with E-state index in [0.717, 1.165) is 33.9 Å². The van der Waals surface area contributed by atoms with Gasteiger partial charge in [-0.3, -0.25) is 0 Å². The molecule has 1 unspecified atom stereocenters. The van der Waals surface area contributed by atoms with E-state index < -0.39 is 15.1 Å². The van der Waals surface area contributed by atoms with Crippen molar-refractivity contribution >= 4 is 50.0 Å². The lowest BCUT2D eigenvalue weighted by Crippen LogP contribution is -2.12. The zero-order valence-corrected chi connectivity index (χ0v) is 24.1. The van der Waals surface area contributed by atoms with E-state index >= 15 is 0 Å². The van der Waals surface area contributed by atoms with E-state index in [9.17, 15) is 8.42 Å². The highest BCUT2D eigenvalue weighted by atomic mass is 32.2. The number of hydrogen-bond donors (Lipinski definition) is 2. The molecule has 206 valence electrons. The minimum atomic E-state index is -3.16. The maximum atomic E-state index is 11.9. The van der Waals surface area contributed by atoms with Crippen molar-refractivity contribution in [1.29, 1.82) is 0 Å². The number of nitrogens with zero attached hydrogens (tertiary/aromatic N) is 5. The van der Waals surface area contributed by atoms with Crippen LogP contribution in [0.15, 0.2) is 79.0 Å². The summed E-state index contributed by atoms with van der Waals surface area (Å²) in [5, 5.41) is 6.09. The number of fused-ring (bicyclic) bond motifs is 1. The number of rotatable bonds is 9. The van der Waals surface area contributed by atoms with Gasteiger partial charge in [-0.25, -0.2) is 18.4 Å². The van der Waals surface area contributed by atoms with E-state index in [4.69, 9.17) is 4.98 Å². The fourth-order valence-electron chi connectivity index (χ4n) is 4.38. The van der Waals surface area contributed by atoms with E-state index in [2.05, 4.69) is 62.4 Å². The average molecular weight is 556 g/mol. The Morgan fingerprint density at radius 3 is 2.40 bits per heavy atom. The molecule has 0 aliphatic rings. The van der Waals surface area contributed by atoms with Gasteiger partial charge in [0.15, 0.2) is 9.84 Å². The van der Waals surface area contributed by atoms with Crippen LogP contribution in [0.1, 0.15) is 28.9 Å². The van der Waals surface area contributed by atoms with Crippen LogP contribution in [0.5, 0.6) is 0 Å². The van der Waals surface area contributed by atoms with Gasteiger partial charge < -0.3 is 20.1 Å². The topological polar surface area (TPSA) is 105 Å². The molecule has 2 aromatic heterocycles. The third kappa shape index (κ3) is 5.91. The summed E-state index contributed by atoms with van der Waals surface area (Å²) in [4.78, 5) is 15.9. The van der Waals surface area contributed by atoms with Gasteiger partial charge in [0.2, 0.25) is 11.9 Å². The van der Waals surface area contributed by atoms with Crippen LogP contribution < -0.4 is 15.5 Å². The Hall–Kier alpha value is -4.44. The Labute approximate surface area is 234 Å². The lowest BCUT2D eigenvalue weighted by molar-refractivity contribution is 0.592. The third-order valence-electron chi connectivity index (χ3n) is 7.09. The molecular formula is C30H33N7O2S. The highest BCUT2D eigenvalue weighted by molar-refractivity contribution is 7.90. The summed E-state index contributed by atoms with van der Waals surface area (Å²) < 4.78 is 25.8. The molecule has 0 amide bonds. The van der Waals surface area contributed by atoms with Gasteiger partial charge in [-0.1, -0.05) is 42.0 Å². The first-order valence-corrected chi connectivity index (χ1v) is 14.9. The molecule has 9 nitrogen and oxygen atoms in total. The van der Waals surface area contributed by atoms with Gasteiger partial charge >= 0.3 is 0 Å². The highest BCUT2D eigenvalue weighted by Gasteiger charge is 2.17. The number of sulfone groups is 1. The molecule has 0 aliphatic heterocycles. The van der Waals surface area contributed by atoms with Gasteiger partial charge in [-0.15, -0.1) is 0 Å². The fourth-order valence-corrected chi connectivity index (χ4v) is 5.04. The molecule has 3 aromatic carbocycles. The van der Waals surface area contributed by atoms with Crippen LogP contribution in [0.2, 0.25) is 0 Å². The zero-order valence-electron chi connectivity index (χ0n) is 23.3. The summed E-state index contributed by atoms with van der Waals surface area (Å²) in [7, 11) is 0.799. The van der Waals surface area contributed by atoms with Crippen molar-refractivity contribution in [2.24, 2.45) is 7.05 Å². The number of aryl methyl sites for hydroxylation is 2. The van der Waals surface area contributed by atoms with E-state index in [1.807, 2.05) is 49.3 Å². The highest BCUT2D eigenvalue weighted by Crippen LogP contribution is 2.28. The van der Waals surface area contributed by atoms with Gasteiger partial charge in [0, 0.05) is 44.5 Å². The van der Waals surface area contributed by atoms with Crippen molar-refractivity contribution in [3.05, 3.63) is 95.7 Å². The number of imidazole rings is 1. The first kappa shape index (κ1) is 27.1. The Morgan fingerprint density at radius 1 is 0.975 bits per heavy atom. The van der Waals surface area contributed by atoms with Crippen LogP contribution in [0.4, 0.5) is 29.1 Å². The Balaban J connectivity index is 1.31. The standard InChI is InChI=1S/C30H33N7O2S/c1-20-6-8-22(9-7-20)19-32-30-34-26-18-25(14-15-27(26)37(30)4)36(3)28-16-17-31-29(35-28)33-24-12-10-23(11-13-24)21(2)40(5,38)39/h6-18,21H,19H2,1-5H3,(H,32,34)(H,31,33,35). The molecule has 5 rings (SSSR count). The Morgan fingerprint density at radius 2 is 1.70 bits per heavy atom. The molecule has 2 N–H and O–H groups in total. The summed E-state index contributed by atoms with van der Waals surface area (Å²) in [5.41, 5.74) is 6.80. The van der Waals surface area contributed by atoms with Gasteiger partial charge in [-0.2, -0.15) is 4.98 Å². The van der Waals surface area contributed by atoms with Gasteiger partial charge in [-0.05, 0) is 61.4 Å². The molecule has 0 bridgehead atoms. The summed E-state index contributed by atoms with van der Waals surface area (Å²) in [6.45, 7) is 4.46. The van der Waals surface area contributed by atoms with E-state index in [1.165, 1.54) is 17.4 Å². The molecule has 0 radical (unpaired) electrons. The lowest BCUT2D eigenvalue weighted by Gasteiger charge is -2.19. The molecule has 0 saturated carbocycles.